The molecule has 1 aromatic carbocycles. The quantitative estimate of drug-likeness (QED) is 0.625. The van der Waals surface area contributed by atoms with Crippen molar-refractivity contribution in [1.82, 2.24) is 4.57 Å². The van der Waals surface area contributed by atoms with Crippen molar-refractivity contribution < 1.29 is 4.79 Å². The number of carbonyl (C=O) groups is 1. The van der Waals surface area contributed by atoms with Crippen LogP contribution in [0, 0.1) is 10.5 Å². The first-order chi connectivity index (χ1) is 8.08. The summed E-state index contributed by atoms with van der Waals surface area (Å²) >= 11 is 3.31. The number of hydrogen-bond donors (Lipinski definition) is 0. The molecule has 2 aromatic rings. The molecule has 88 valence electrons. The van der Waals surface area contributed by atoms with Gasteiger partial charge in [-0.25, -0.2) is 0 Å². The molecular weight excluding hydrogens is 349 g/mol. The highest BCUT2D eigenvalue weighted by atomic mass is 127. The van der Waals surface area contributed by atoms with Gasteiger partial charge < -0.3 is 0 Å². The lowest BCUT2D eigenvalue weighted by Gasteiger charge is -2.03. The van der Waals surface area contributed by atoms with E-state index < -0.39 is 0 Å². The zero-order valence-electron chi connectivity index (χ0n) is 9.14. The van der Waals surface area contributed by atoms with E-state index in [1.54, 1.807) is 17.5 Å². The molecule has 0 unspecified atom stereocenters. The number of carbonyl (C=O) groups excluding carboxylic acids is 1. The van der Waals surface area contributed by atoms with Crippen LogP contribution in [0.5, 0.6) is 0 Å². The summed E-state index contributed by atoms with van der Waals surface area (Å²) < 4.78 is 2.59. The van der Waals surface area contributed by atoms with Gasteiger partial charge in [0.1, 0.15) is 0 Å². The van der Waals surface area contributed by atoms with E-state index in [9.17, 15) is 9.59 Å². The first-order valence-electron chi connectivity index (χ1n) is 5.01. The molecule has 1 heterocycles. The van der Waals surface area contributed by atoms with Gasteiger partial charge in [0, 0.05) is 20.2 Å². The fourth-order valence-corrected chi connectivity index (χ4v) is 2.56. The minimum Gasteiger partial charge on any atom is -0.296 e. The van der Waals surface area contributed by atoms with Crippen LogP contribution in [0.25, 0.3) is 0 Å². The minimum absolute atomic E-state index is 0.0370. The summed E-state index contributed by atoms with van der Waals surface area (Å²) in [6.07, 6.45) is 0. The van der Waals surface area contributed by atoms with E-state index in [0.29, 0.717) is 5.56 Å². The topological polar surface area (TPSA) is 39.1 Å². The molecule has 0 saturated carbocycles. The van der Waals surface area contributed by atoms with Gasteiger partial charge in [-0.2, -0.15) is 0 Å². The van der Waals surface area contributed by atoms with Crippen molar-refractivity contribution in [2.24, 2.45) is 0 Å². The van der Waals surface area contributed by atoms with Gasteiger partial charge in [0.25, 0.3) is 0 Å². The third-order valence-corrected chi connectivity index (χ3v) is 4.04. The van der Waals surface area contributed by atoms with Crippen LogP contribution in [0.15, 0.2) is 34.4 Å². The molecule has 0 bridgehead atoms. The lowest BCUT2D eigenvalue weighted by atomic mass is 10.1. The maximum Gasteiger partial charge on any atom is 0.307 e. The van der Waals surface area contributed by atoms with Crippen LogP contribution in [0.1, 0.15) is 16.1 Å². The Morgan fingerprint density at radius 1 is 1.35 bits per heavy atom. The van der Waals surface area contributed by atoms with E-state index in [4.69, 9.17) is 0 Å². The van der Waals surface area contributed by atoms with Crippen LogP contribution >= 0.6 is 33.9 Å². The molecule has 0 fully saturated rings. The normalized spacial score (nSPS) is 10.5. The average Bonchev–Trinajstić information content (AvgIpc) is 2.61. The molecule has 1 aromatic heterocycles. The summed E-state index contributed by atoms with van der Waals surface area (Å²) in [5.74, 6) is -0.0370. The van der Waals surface area contributed by atoms with Gasteiger partial charge in [0.2, 0.25) is 0 Å². The third kappa shape index (κ3) is 2.84. The standard InChI is InChI=1S/C12H10INO2S/c1-8-7-17-12(16)14(8)6-11(15)9-2-4-10(13)5-3-9/h2-5,7H,6H2,1H3. The first-order valence-corrected chi connectivity index (χ1v) is 6.97. The molecule has 0 N–H and O–H groups in total. The predicted octanol–water partition coefficient (Wildman–Crippen LogP) is 2.71. The molecule has 0 aliphatic heterocycles. The summed E-state index contributed by atoms with van der Waals surface area (Å²) in [5, 5.41) is 1.77. The summed E-state index contributed by atoms with van der Waals surface area (Å²) in [6, 6.07) is 7.35. The maximum atomic E-state index is 12.0. The second-order valence-corrected chi connectivity index (χ2v) is 5.73. The minimum atomic E-state index is -0.0821. The van der Waals surface area contributed by atoms with Crippen molar-refractivity contribution in [3.8, 4) is 0 Å². The van der Waals surface area contributed by atoms with Crippen molar-refractivity contribution >= 4 is 39.7 Å². The van der Waals surface area contributed by atoms with Crippen LogP contribution in [-0.4, -0.2) is 10.4 Å². The van der Waals surface area contributed by atoms with Crippen LogP contribution in [0.3, 0.4) is 0 Å². The highest BCUT2D eigenvalue weighted by Gasteiger charge is 2.10. The highest BCUT2D eigenvalue weighted by molar-refractivity contribution is 14.1. The van der Waals surface area contributed by atoms with Gasteiger partial charge in [-0.1, -0.05) is 23.5 Å². The zero-order valence-corrected chi connectivity index (χ0v) is 12.1. The Hall–Kier alpha value is -0.950. The smallest absolute Gasteiger partial charge is 0.296 e. The molecule has 0 radical (unpaired) electrons. The fraction of sp³-hybridized carbons (Fsp3) is 0.167. The Morgan fingerprint density at radius 3 is 2.53 bits per heavy atom. The lowest BCUT2D eigenvalue weighted by molar-refractivity contribution is 0.0970. The number of aromatic nitrogens is 1. The SMILES string of the molecule is Cc1csc(=O)n1CC(=O)c1ccc(I)cc1. The second kappa shape index (κ2) is 5.14. The predicted molar refractivity (Wildman–Crippen MR) is 76.8 cm³/mol. The number of halogens is 1. The van der Waals surface area contributed by atoms with Crippen molar-refractivity contribution in [2.45, 2.75) is 13.5 Å². The number of hydrogen-bond acceptors (Lipinski definition) is 3. The summed E-state index contributed by atoms with van der Waals surface area (Å²) in [5.41, 5.74) is 1.47. The lowest BCUT2D eigenvalue weighted by Crippen LogP contribution is -2.20. The molecule has 0 saturated heterocycles. The molecule has 0 aliphatic rings. The van der Waals surface area contributed by atoms with Crippen LogP contribution in [0.2, 0.25) is 0 Å². The molecule has 5 heteroatoms. The second-order valence-electron chi connectivity index (χ2n) is 3.66. The molecule has 0 spiro atoms. The Bertz CT molecular complexity index is 598. The van der Waals surface area contributed by atoms with Gasteiger partial charge in [0.15, 0.2) is 5.78 Å². The molecule has 0 aliphatic carbocycles. The van der Waals surface area contributed by atoms with Crippen LogP contribution in [-0.2, 0) is 6.54 Å². The molecule has 0 atom stereocenters. The van der Waals surface area contributed by atoms with Gasteiger partial charge in [-0.15, -0.1) is 0 Å². The van der Waals surface area contributed by atoms with Crippen molar-refractivity contribution in [3.63, 3.8) is 0 Å². The van der Waals surface area contributed by atoms with Crippen molar-refractivity contribution in [3.05, 3.63) is 54.1 Å². The number of ketones is 1. The number of Topliss-reactive ketones (excluding diaryl/α,β-unsaturated/α-hetero) is 1. The van der Waals surface area contributed by atoms with Crippen molar-refractivity contribution in [1.29, 1.82) is 0 Å². The Balaban J connectivity index is 2.23. The van der Waals surface area contributed by atoms with Gasteiger partial charge in [-0.3, -0.25) is 14.2 Å². The Kier molecular flexibility index (Phi) is 3.78. The molecule has 2 rings (SSSR count). The number of benzene rings is 1. The summed E-state index contributed by atoms with van der Waals surface area (Å²) in [4.78, 5) is 23.4. The zero-order chi connectivity index (χ0) is 12.4. The van der Waals surface area contributed by atoms with Gasteiger partial charge in [0.05, 0.1) is 6.54 Å². The largest absolute Gasteiger partial charge is 0.307 e. The van der Waals surface area contributed by atoms with Crippen LogP contribution in [0.4, 0.5) is 0 Å². The van der Waals surface area contributed by atoms with E-state index >= 15 is 0 Å². The van der Waals surface area contributed by atoms with Crippen LogP contribution < -0.4 is 4.87 Å². The monoisotopic (exact) mass is 359 g/mol. The molecule has 17 heavy (non-hydrogen) atoms. The average molecular weight is 359 g/mol. The fourth-order valence-electron chi connectivity index (χ4n) is 1.47. The van der Waals surface area contributed by atoms with E-state index in [0.717, 1.165) is 20.6 Å². The van der Waals surface area contributed by atoms with Crippen molar-refractivity contribution in [2.75, 3.05) is 0 Å². The van der Waals surface area contributed by atoms with Gasteiger partial charge >= 0.3 is 4.87 Å². The molecule has 0 amide bonds. The summed E-state index contributed by atoms with van der Waals surface area (Å²) in [6.45, 7) is 1.95. The maximum absolute atomic E-state index is 12.0. The highest BCUT2D eigenvalue weighted by Crippen LogP contribution is 2.09. The summed E-state index contributed by atoms with van der Waals surface area (Å²) in [7, 11) is 0. The third-order valence-electron chi connectivity index (χ3n) is 2.44. The number of thiazole rings is 1. The number of aryl methyl sites for hydroxylation is 1. The number of nitrogens with zero attached hydrogens (tertiary/aromatic N) is 1. The molecule has 3 nitrogen and oxygen atoms in total. The molecular formula is C12H10INO2S. The Labute approximate surface area is 116 Å². The Morgan fingerprint density at radius 2 is 2.00 bits per heavy atom. The first kappa shape index (κ1) is 12.5. The van der Waals surface area contributed by atoms with E-state index in [1.807, 2.05) is 19.1 Å². The van der Waals surface area contributed by atoms with E-state index in [2.05, 4.69) is 22.6 Å². The van der Waals surface area contributed by atoms with E-state index in [-0.39, 0.29) is 17.2 Å². The van der Waals surface area contributed by atoms with Gasteiger partial charge in [-0.05, 0) is 41.6 Å². The van der Waals surface area contributed by atoms with E-state index in [1.165, 1.54) is 4.57 Å². The number of rotatable bonds is 3.